The van der Waals surface area contributed by atoms with Gasteiger partial charge in [0.15, 0.2) is 0 Å². The van der Waals surface area contributed by atoms with Crippen molar-refractivity contribution < 1.29 is 19.7 Å². The number of anilines is 1. The van der Waals surface area contributed by atoms with Crippen LogP contribution in [0.5, 0.6) is 17.5 Å². The number of fused-ring (bicyclic) bond motifs is 5. The Morgan fingerprint density at radius 2 is 1.62 bits per heavy atom. The average Bonchev–Trinajstić information content (AvgIpc) is 3.42. The number of amides is 1. The standard InChI is InChI=1S/C23H20N2O4/c1-29-18-5-3-2-4-17(18)24-21(26)13-8-10-16(11-9-13)25-22(27)19-14-6-7-15(12-14)20(19)23(25)28/h2-11,14-15,27-28H,12H2,1H3,(H,24,26)/t14-,15+. The maximum Gasteiger partial charge on any atom is 0.255 e. The van der Waals surface area contributed by atoms with E-state index in [1.54, 1.807) is 43.5 Å². The molecular weight excluding hydrogens is 368 g/mol. The van der Waals surface area contributed by atoms with E-state index in [-0.39, 0.29) is 29.5 Å². The first kappa shape index (κ1) is 17.4. The molecule has 6 nitrogen and oxygen atoms in total. The van der Waals surface area contributed by atoms with Crippen LogP contribution in [0.15, 0.2) is 60.7 Å². The summed E-state index contributed by atoms with van der Waals surface area (Å²) < 4.78 is 6.70. The van der Waals surface area contributed by atoms with E-state index < -0.39 is 0 Å². The minimum atomic E-state index is -0.272. The van der Waals surface area contributed by atoms with E-state index in [1.165, 1.54) is 4.57 Å². The minimum Gasteiger partial charge on any atom is -0.495 e. The molecule has 0 aliphatic heterocycles. The lowest BCUT2D eigenvalue weighted by Crippen LogP contribution is -2.12. The molecule has 1 aromatic heterocycles. The number of carbonyl (C=O) groups is 1. The molecule has 146 valence electrons. The zero-order valence-corrected chi connectivity index (χ0v) is 15.8. The van der Waals surface area contributed by atoms with Gasteiger partial charge in [0.1, 0.15) is 5.75 Å². The van der Waals surface area contributed by atoms with E-state index in [1.807, 2.05) is 12.1 Å². The van der Waals surface area contributed by atoms with E-state index in [4.69, 9.17) is 4.74 Å². The molecule has 2 atom stereocenters. The Bertz CT molecular complexity index is 1110. The normalized spacial score (nSPS) is 18.7. The van der Waals surface area contributed by atoms with Crippen LogP contribution in [0.3, 0.4) is 0 Å². The molecule has 6 heteroatoms. The smallest absolute Gasteiger partial charge is 0.255 e. The molecule has 3 aromatic rings. The summed E-state index contributed by atoms with van der Waals surface area (Å²) in [6, 6.07) is 13.9. The van der Waals surface area contributed by atoms with Gasteiger partial charge in [-0.3, -0.25) is 9.36 Å². The summed E-state index contributed by atoms with van der Waals surface area (Å²) in [7, 11) is 1.55. The van der Waals surface area contributed by atoms with Gasteiger partial charge >= 0.3 is 0 Å². The Hall–Kier alpha value is -3.67. The molecule has 2 aliphatic rings. The van der Waals surface area contributed by atoms with E-state index in [0.29, 0.717) is 22.7 Å². The molecule has 0 saturated heterocycles. The third-order valence-electron chi connectivity index (χ3n) is 5.76. The van der Waals surface area contributed by atoms with Gasteiger partial charge in [-0.25, -0.2) is 0 Å². The van der Waals surface area contributed by atoms with Gasteiger partial charge in [-0.05, 0) is 42.8 Å². The van der Waals surface area contributed by atoms with Crippen molar-refractivity contribution in [2.75, 3.05) is 12.4 Å². The van der Waals surface area contributed by atoms with Gasteiger partial charge in [-0.15, -0.1) is 0 Å². The fourth-order valence-electron chi connectivity index (χ4n) is 4.39. The molecule has 0 saturated carbocycles. The largest absolute Gasteiger partial charge is 0.495 e. The van der Waals surface area contributed by atoms with Crippen molar-refractivity contribution in [1.29, 1.82) is 0 Å². The summed E-state index contributed by atoms with van der Waals surface area (Å²) in [6.07, 6.45) is 5.08. The number of methoxy groups -OCH3 is 1. The van der Waals surface area contributed by atoms with E-state index in [2.05, 4.69) is 17.5 Å². The Morgan fingerprint density at radius 3 is 2.24 bits per heavy atom. The molecular formula is C23H20N2O4. The van der Waals surface area contributed by atoms with E-state index in [9.17, 15) is 15.0 Å². The topological polar surface area (TPSA) is 83.7 Å². The lowest BCUT2D eigenvalue weighted by molar-refractivity contribution is 0.102. The van der Waals surface area contributed by atoms with Crippen molar-refractivity contribution in [2.45, 2.75) is 18.3 Å². The van der Waals surface area contributed by atoms with Crippen molar-refractivity contribution in [3.8, 4) is 23.2 Å². The zero-order chi connectivity index (χ0) is 20.1. The average molecular weight is 388 g/mol. The molecule has 2 aromatic carbocycles. The molecule has 1 amide bonds. The Morgan fingerprint density at radius 1 is 1.00 bits per heavy atom. The Labute approximate surface area is 167 Å². The zero-order valence-electron chi connectivity index (χ0n) is 15.8. The summed E-state index contributed by atoms with van der Waals surface area (Å²) in [5.41, 5.74) is 3.27. The molecule has 2 bridgehead atoms. The van der Waals surface area contributed by atoms with Crippen molar-refractivity contribution in [3.05, 3.63) is 77.4 Å². The molecule has 0 radical (unpaired) electrons. The highest BCUT2D eigenvalue weighted by molar-refractivity contribution is 6.05. The molecule has 0 unspecified atom stereocenters. The van der Waals surface area contributed by atoms with Crippen LogP contribution < -0.4 is 10.1 Å². The summed E-state index contributed by atoms with van der Waals surface area (Å²) in [4.78, 5) is 12.6. The number of rotatable bonds is 4. The summed E-state index contributed by atoms with van der Waals surface area (Å²) in [5.74, 6) is 0.770. The maximum atomic E-state index is 12.6. The first-order valence-electron chi connectivity index (χ1n) is 9.48. The monoisotopic (exact) mass is 388 g/mol. The van der Waals surface area contributed by atoms with Gasteiger partial charge in [0.2, 0.25) is 11.8 Å². The number of ether oxygens (including phenoxy) is 1. The first-order valence-corrected chi connectivity index (χ1v) is 9.48. The second kappa shape index (κ2) is 6.44. The van der Waals surface area contributed by atoms with Gasteiger partial charge < -0.3 is 20.3 Å². The SMILES string of the molecule is COc1ccccc1NC(=O)c1ccc(-n2c(O)c3c(c2O)[C@H]2C=C[C@@H]3C2)cc1. The summed E-state index contributed by atoms with van der Waals surface area (Å²) in [6.45, 7) is 0. The fraction of sp³-hybridized carbons (Fsp3) is 0.174. The second-order valence-electron chi connectivity index (χ2n) is 7.34. The van der Waals surface area contributed by atoms with Gasteiger partial charge in [0, 0.05) is 28.5 Å². The van der Waals surface area contributed by atoms with Crippen LogP contribution in [0.4, 0.5) is 5.69 Å². The number of hydrogen-bond donors (Lipinski definition) is 3. The van der Waals surface area contributed by atoms with Crippen molar-refractivity contribution >= 4 is 11.6 Å². The van der Waals surface area contributed by atoms with Crippen LogP contribution in [-0.4, -0.2) is 27.8 Å². The predicted molar refractivity (Wildman–Crippen MR) is 109 cm³/mol. The quantitative estimate of drug-likeness (QED) is 0.582. The number of carbonyl (C=O) groups excluding carboxylic acids is 1. The third kappa shape index (κ3) is 2.60. The van der Waals surface area contributed by atoms with Gasteiger partial charge in [0.25, 0.3) is 5.91 Å². The highest BCUT2D eigenvalue weighted by Gasteiger charge is 2.41. The Balaban J connectivity index is 1.43. The van der Waals surface area contributed by atoms with E-state index >= 15 is 0 Å². The van der Waals surface area contributed by atoms with Gasteiger partial charge in [-0.1, -0.05) is 24.3 Å². The van der Waals surface area contributed by atoms with Gasteiger partial charge in [-0.2, -0.15) is 0 Å². The first-order chi connectivity index (χ1) is 14.1. The minimum absolute atomic E-state index is 0.0700. The summed E-state index contributed by atoms with van der Waals surface area (Å²) >= 11 is 0. The number of benzene rings is 2. The highest BCUT2D eigenvalue weighted by Crippen LogP contribution is 2.57. The summed E-state index contributed by atoms with van der Waals surface area (Å²) in [5, 5.41) is 24.3. The van der Waals surface area contributed by atoms with Crippen LogP contribution in [0, 0.1) is 0 Å². The number of hydrogen-bond acceptors (Lipinski definition) is 4. The molecule has 0 fully saturated rings. The predicted octanol–water partition coefficient (Wildman–Crippen LogP) is 4.29. The molecule has 1 heterocycles. The van der Waals surface area contributed by atoms with Crippen molar-refractivity contribution in [2.24, 2.45) is 0 Å². The molecule has 3 N–H and O–H groups in total. The van der Waals surface area contributed by atoms with Crippen molar-refractivity contribution in [3.63, 3.8) is 0 Å². The van der Waals surface area contributed by atoms with Gasteiger partial charge in [0.05, 0.1) is 18.5 Å². The van der Waals surface area contributed by atoms with Crippen molar-refractivity contribution in [1.82, 2.24) is 4.57 Å². The molecule has 5 rings (SSSR count). The second-order valence-corrected chi connectivity index (χ2v) is 7.34. The number of para-hydroxylation sites is 2. The fourth-order valence-corrected chi connectivity index (χ4v) is 4.39. The number of aromatic hydroxyl groups is 2. The van der Waals surface area contributed by atoms with Crippen LogP contribution in [0.2, 0.25) is 0 Å². The number of aromatic nitrogens is 1. The Kier molecular flexibility index (Phi) is 3.87. The molecule has 0 spiro atoms. The lowest BCUT2D eigenvalue weighted by atomic mass is 10.0. The van der Waals surface area contributed by atoms with Crippen LogP contribution >= 0.6 is 0 Å². The molecule has 29 heavy (non-hydrogen) atoms. The number of allylic oxidation sites excluding steroid dienone is 2. The lowest BCUT2D eigenvalue weighted by Gasteiger charge is -2.12. The van der Waals surface area contributed by atoms with Crippen LogP contribution in [-0.2, 0) is 0 Å². The van der Waals surface area contributed by atoms with Crippen LogP contribution in [0.25, 0.3) is 5.69 Å². The highest BCUT2D eigenvalue weighted by atomic mass is 16.5. The maximum absolute atomic E-state index is 12.6. The van der Waals surface area contributed by atoms with Crippen LogP contribution in [0.1, 0.15) is 39.7 Å². The number of nitrogens with zero attached hydrogens (tertiary/aromatic N) is 1. The molecule has 2 aliphatic carbocycles. The number of nitrogens with one attached hydrogen (secondary N) is 1. The van der Waals surface area contributed by atoms with E-state index in [0.717, 1.165) is 17.5 Å². The third-order valence-corrected chi connectivity index (χ3v) is 5.76.